The van der Waals surface area contributed by atoms with Crippen LogP contribution in [0.25, 0.3) is 0 Å². The highest BCUT2D eigenvalue weighted by Crippen LogP contribution is 2.28. The summed E-state index contributed by atoms with van der Waals surface area (Å²) in [6.45, 7) is 1.63. The first-order chi connectivity index (χ1) is 15.0. The lowest BCUT2D eigenvalue weighted by Gasteiger charge is -2.40. The molecule has 31 heavy (non-hydrogen) atoms. The molecule has 0 saturated carbocycles. The molecule has 4 rings (SSSR count). The summed E-state index contributed by atoms with van der Waals surface area (Å²) in [5.41, 5.74) is 0.794. The Morgan fingerprint density at radius 2 is 1.42 bits per heavy atom. The standard InChI is InChI=1S/C23H27N3O4S/c27-21-13-7-8-14-26(21)22(19-9-3-1-4-10-19)23(28)24-15-17-25(18-16-24)31(29,30)20-11-5-2-6-12-20/h1-6,9-12,22H,7-8,13-18H2. The molecule has 2 aromatic rings. The molecule has 0 radical (unpaired) electrons. The third kappa shape index (κ3) is 4.50. The molecule has 0 bridgehead atoms. The van der Waals surface area contributed by atoms with E-state index in [1.165, 1.54) is 4.31 Å². The minimum absolute atomic E-state index is 0.00116. The van der Waals surface area contributed by atoms with Crippen LogP contribution in [0, 0.1) is 0 Å². The molecule has 7 nitrogen and oxygen atoms in total. The monoisotopic (exact) mass is 441 g/mol. The van der Waals surface area contributed by atoms with Crippen molar-refractivity contribution in [3.05, 3.63) is 66.2 Å². The molecule has 8 heteroatoms. The van der Waals surface area contributed by atoms with Crippen LogP contribution in [0.2, 0.25) is 0 Å². The molecule has 2 amide bonds. The Labute approximate surface area is 183 Å². The molecule has 2 fully saturated rings. The Balaban J connectivity index is 1.51. The van der Waals surface area contributed by atoms with E-state index in [9.17, 15) is 18.0 Å². The van der Waals surface area contributed by atoms with E-state index in [4.69, 9.17) is 0 Å². The van der Waals surface area contributed by atoms with E-state index in [0.29, 0.717) is 26.1 Å². The highest BCUT2D eigenvalue weighted by Gasteiger charge is 2.37. The van der Waals surface area contributed by atoms with Crippen molar-refractivity contribution in [1.29, 1.82) is 0 Å². The van der Waals surface area contributed by atoms with Crippen molar-refractivity contribution in [2.45, 2.75) is 30.2 Å². The van der Waals surface area contributed by atoms with Gasteiger partial charge in [0.2, 0.25) is 21.8 Å². The smallest absolute Gasteiger partial charge is 0.250 e. The largest absolute Gasteiger partial charge is 0.338 e. The summed E-state index contributed by atoms with van der Waals surface area (Å²) >= 11 is 0. The first-order valence-electron chi connectivity index (χ1n) is 10.7. The van der Waals surface area contributed by atoms with Gasteiger partial charge in [-0.2, -0.15) is 4.31 Å². The highest BCUT2D eigenvalue weighted by atomic mass is 32.2. The SMILES string of the molecule is O=C(C(c1ccccc1)N1CCCCC1=O)N1CCN(S(=O)(=O)c2ccccc2)CC1. The zero-order valence-electron chi connectivity index (χ0n) is 17.4. The van der Waals surface area contributed by atoms with Gasteiger partial charge in [-0.3, -0.25) is 9.59 Å². The molecule has 2 aliphatic rings. The van der Waals surface area contributed by atoms with Gasteiger partial charge in [-0.25, -0.2) is 8.42 Å². The number of benzene rings is 2. The van der Waals surface area contributed by atoms with Crippen LogP contribution in [-0.4, -0.2) is 67.1 Å². The predicted octanol–water partition coefficient (Wildman–Crippen LogP) is 2.27. The normalized spacial score (nSPS) is 19.3. The number of likely N-dealkylation sites (tertiary alicyclic amines) is 1. The average molecular weight is 442 g/mol. The van der Waals surface area contributed by atoms with E-state index >= 15 is 0 Å². The zero-order chi connectivity index (χ0) is 21.8. The maximum absolute atomic E-state index is 13.5. The Bertz CT molecular complexity index is 1020. The van der Waals surface area contributed by atoms with Crippen molar-refractivity contribution in [1.82, 2.24) is 14.1 Å². The van der Waals surface area contributed by atoms with Crippen molar-refractivity contribution >= 4 is 21.8 Å². The second-order valence-electron chi connectivity index (χ2n) is 7.90. The quantitative estimate of drug-likeness (QED) is 0.713. The van der Waals surface area contributed by atoms with Crippen LogP contribution < -0.4 is 0 Å². The van der Waals surface area contributed by atoms with E-state index in [1.54, 1.807) is 40.1 Å². The summed E-state index contributed by atoms with van der Waals surface area (Å²) < 4.78 is 27.2. The molecule has 164 valence electrons. The second kappa shape index (κ2) is 9.20. The molecule has 2 saturated heterocycles. The van der Waals surface area contributed by atoms with Crippen molar-refractivity contribution < 1.29 is 18.0 Å². The van der Waals surface area contributed by atoms with Gasteiger partial charge in [-0.1, -0.05) is 48.5 Å². The third-order valence-corrected chi connectivity index (χ3v) is 7.87. The van der Waals surface area contributed by atoms with Crippen molar-refractivity contribution in [2.75, 3.05) is 32.7 Å². The zero-order valence-corrected chi connectivity index (χ0v) is 18.2. The topological polar surface area (TPSA) is 78.0 Å². The number of amides is 2. The van der Waals surface area contributed by atoms with Crippen LogP contribution in [0.5, 0.6) is 0 Å². The van der Waals surface area contributed by atoms with Gasteiger partial charge >= 0.3 is 0 Å². The van der Waals surface area contributed by atoms with Gasteiger partial charge in [-0.15, -0.1) is 0 Å². The van der Waals surface area contributed by atoms with Gasteiger partial charge in [0.25, 0.3) is 0 Å². The average Bonchev–Trinajstić information content (AvgIpc) is 2.82. The van der Waals surface area contributed by atoms with Crippen LogP contribution in [0.1, 0.15) is 30.9 Å². The number of carbonyl (C=O) groups excluding carboxylic acids is 2. The summed E-state index contributed by atoms with van der Waals surface area (Å²) in [5, 5.41) is 0. The Kier molecular flexibility index (Phi) is 6.38. The lowest BCUT2D eigenvalue weighted by atomic mass is 9.99. The Morgan fingerprint density at radius 1 is 0.806 bits per heavy atom. The number of piperazine rings is 1. The van der Waals surface area contributed by atoms with Crippen LogP contribution in [-0.2, 0) is 19.6 Å². The molecule has 2 aromatic carbocycles. The summed E-state index contributed by atoms with van der Waals surface area (Å²) in [7, 11) is -3.58. The minimum atomic E-state index is -3.58. The third-order valence-electron chi connectivity index (χ3n) is 5.95. The van der Waals surface area contributed by atoms with Crippen LogP contribution >= 0.6 is 0 Å². The number of hydrogen-bond donors (Lipinski definition) is 0. The fourth-order valence-corrected chi connectivity index (χ4v) is 5.70. The Morgan fingerprint density at radius 3 is 2.03 bits per heavy atom. The maximum Gasteiger partial charge on any atom is 0.250 e. The van der Waals surface area contributed by atoms with Crippen molar-refractivity contribution in [3.8, 4) is 0 Å². The number of sulfonamides is 1. The van der Waals surface area contributed by atoms with Crippen molar-refractivity contribution in [2.24, 2.45) is 0 Å². The fourth-order valence-electron chi connectivity index (χ4n) is 4.25. The summed E-state index contributed by atoms with van der Waals surface area (Å²) in [6, 6.07) is 17.1. The van der Waals surface area contributed by atoms with E-state index < -0.39 is 16.1 Å². The molecule has 0 spiro atoms. The molecule has 0 aromatic heterocycles. The summed E-state index contributed by atoms with van der Waals surface area (Å²) in [5.74, 6) is -0.142. The number of nitrogens with zero attached hydrogens (tertiary/aromatic N) is 3. The summed E-state index contributed by atoms with van der Waals surface area (Å²) in [6.07, 6.45) is 2.19. The molecule has 0 aliphatic carbocycles. The first kappa shape index (κ1) is 21.5. The lowest BCUT2D eigenvalue weighted by Crippen LogP contribution is -2.54. The van der Waals surface area contributed by atoms with E-state index in [0.717, 1.165) is 18.4 Å². The van der Waals surface area contributed by atoms with Gasteiger partial charge in [0, 0.05) is 39.1 Å². The van der Waals surface area contributed by atoms with Crippen LogP contribution in [0.15, 0.2) is 65.6 Å². The van der Waals surface area contributed by atoms with E-state index in [2.05, 4.69) is 0 Å². The van der Waals surface area contributed by atoms with Crippen molar-refractivity contribution in [3.63, 3.8) is 0 Å². The maximum atomic E-state index is 13.5. The molecule has 2 aliphatic heterocycles. The fraction of sp³-hybridized carbons (Fsp3) is 0.391. The predicted molar refractivity (Wildman–Crippen MR) is 117 cm³/mol. The Hall–Kier alpha value is -2.71. The molecular weight excluding hydrogens is 414 g/mol. The van der Waals surface area contributed by atoms with Crippen LogP contribution in [0.4, 0.5) is 0 Å². The number of rotatable bonds is 5. The first-order valence-corrected chi connectivity index (χ1v) is 12.1. The van der Waals surface area contributed by atoms with Gasteiger partial charge in [0.1, 0.15) is 6.04 Å². The summed E-state index contributed by atoms with van der Waals surface area (Å²) in [4.78, 5) is 29.8. The number of piperidine rings is 1. The van der Waals surface area contributed by atoms with E-state index in [-0.39, 0.29) is 29.8 Å². The van der Waals surface area contributed by atoms with Gasteiger partial charge < -0.3 is 9.80 Å². The highest BCUT2D eigenvalue weighted by molar-refractivity contribution is 7.89. The molecule has 2 heterocycles. The number of carbonyl (C=O) groups is 2. The van der Waals surface area contributed by atoms with E-state index in [1.807, 2.05) is 30.3 Å². The second-order valence-corrected chi connectivity index (χ2v) is 9.84. The minimum Gasteiger partial charge on any atom is -0.338 e. The molecule has 0 N–H and O–H groups in total. The van der Waals surface area contributed by atoms with Gasteiger partial charge in [0.05, 0.1) is 4.90 Å². The number of hydrogen-bond acceptors (Lipinski definition) is 4. The molecular formula is C23H27N3O4S. The van der Waals surface area contributed by atoms with Gasteiger partial charge in [0.15, 0.2) is 0 Å². The van der Waals surface area contributed by atoms with Gasteiger partial charge in [-0.05, 0) is 30.5 Å². The van der Waals surface area contributed by atoms with Crippen LogP contribution in [0.3, 0.4) is 0 Å². The lowest BCUT2D eigenvalue weighted by molar-refractivity contribution is -0.148. The molecule has 1 unspecified atom stereocenters. The molecule has 1 atom stereocenters.